The highest BCUT2D eigenvalue weighted by molar-refractivity contribution is 9.10. The Labute approximate surface area is 126 Å². The van der Waals surface area contributed by atoms with E-state index in [4.69, 9.17) is 5.14 Å². The van der Waals surface area contributed by atoms with Crippen molar-refractivity contribution in [2.75, 3.05) is 13.1 Å². The van der Waals surface area contributed by atoms with Crippen LogP contribution in [0.5, 0.6) is 0 Å². The van der Waals surface area contributed by atoms with E-state index in [0.717, 1.165) is 18.6 Å². The van der Waals surface area contributed by atoms with Gasteiger partial charge in [-0.2, -0.15) is 0 Å². The number of halogens is 2. The van der Waals surface area contributed by atoms with Crippen LogP contribution in [-0.4, -0.2) is 32.3 Å². The maximum absolute atomic E-state index is 13.9. The molecule has 1 amide bonds. The van der Waals surface area contributed by atoms with Crippen molar-refractivity contribution < 1.29 is 17.6 Å². The highest BCUT2D eigenvalue weighted by Gasteiger charge is 2.23. The summed E-state index contributed by atoms with van der Waals surface area (Å²) in [6.07, 6.45) is 0.722. The third-order valence-electron chi connectivity index (χ3n) is 2.72. The van der Waals surface area contributed by atoms with Crippen molar-refractivity contribution in [2.45, 2.75) is 25.2 Å². The van der Waals surface area contributed by atoms with Crippen LogP contribution >= 0.6 is 15.9 Å². The predicted octanol–water partition coefficient (Wildman–Crippen LogP) is 2.11. The van der Waals surface area contributed by atoms with Gasteiger partial charge in [-0.05, 0) is 41.4 Å². The molecule has 0 unspecified atom stereocenters. The van der Waals surface area contributed by atoms with E-state index in [-0.39, 0.29) is 14.9 Å². The van der Waals surface area contributed by atoms with Gasteiger partial charge in [0.1, 0.15) is 5.82 Å². The van der Waals surface area contributed by atoms with Gasteiger partial charge in [-0.3, -0.25) is 4.79 Å². The normalized spacial score (nSPS) is 11.4. The van der Waals surface area contributed by atoms with Crippen molar-refractivity contribution >= 4 is 31.9 Å². The quantitative estimate of drug-likeness (QED) is 0.866. The molecule has 112 valence electrons. The second kappa shape index (κ2) is 6.64. The Morgan fingerprint density at radius 1 is 1.40 bits per heavy atom. The van der Waals surface area contributed by atoms with E-state index in [1.165, 1.54) is 4.90 Å². The Kier molecular flexibility index (Phi) is 5.67. The highest BCUT2D eigenvalue weighted by Crippen LogP contribution is 2.25. The number of benzene rings is 1. The third kappa shape index (κ3) is 3.77. The fraction of sp³-hybridized carbons (Fsp3) is 0.417. The van der Waals surface area contributed by atoms with E-state index in [1.54, 1.807) is 6.92 Å². The minimum atomic E-state index is -4.04. The summed E-state index contributed by atoms with van der Waals surface area (Å²) >= 11 is 2.93. The van der Waals surface area contributed by atoms with Crippen molar-refractivity contribution in [1.82, 2.24) is 4.90 Å². The van der Waals surface area contributed by atoms with Crippen LogP contribution in [0, 0.1) is 5.82 Å². The summed E-state index contributed by atoms with van der Waals surface area (Å²) in [7, 11) is -4.04. The van der Waals surface area contributed by atoms with Crippen LogP contribution in [0.4, 0.5) is 4.39 Å². The van der Waals surface area contributed by atoms with Crippen LogP contribution < -0.4 is 5.14 Å². The Bertz CT molecular complexity index is 619. The number of primary sulfonamides is 1. The largest absolute Gasteiger partial charge is 0.339 e. The van der Waals surface area contributed by atoms with Gasteiger partial charge < -0.3 is 4.90 Å². The lowest BCUT2D eigenvalue weighted by Crippen LogP contribution is -2.32. The van der Waals surface area contributed by atoms with Gasteiger partial charge in [0, 0.05) is 17.6 Å². The van der Waals surface area contributed by atoms with E-state index in [1.807, 2.05) is 6.92 Å². The second-order valence-corrected chi connectivity index (χ2v) is 6.58. The number of hydrogen-bond acceptors (Lipinski definition) is 3. The van der Waals surface area contributed by atoms with Crippen molar-refractivity contribution in [1.29, 1.82) is 0 Å². The zero-order valence-corrected chi connectivity index (χ0v) is 13.6. The lowest BCUT2D eigenvalue weighted by Gasteiger charge is -2.20. The van der Waals surface area contributed by atoms with E-state index >= 15 is 0 Å². The smallest absolute Gasteiger partial charge is 0.256 e. The summed E-state index contributed by atoms with van der Waals surface area (Å²) in [4.78, 5) is 13.3. The van der Waals surface area contributed by atoms with Gasteiger partial charge in [0.2, 0.25) is 10.0 Å². The predicted molar refractivity (Wildman–Crippen MR) is 77.3 cm³/mol. The fourth-order valence-electron chi connectivity index (χ4n) is 1.75. The first-order valence-electron chi connectivity index (χ1n) is 6.03. The Balaban J connectivity index is 3.35. The van der Waals surface area contributed by atoms with Crippen LogP contribution in [-0.2, 0) is 10.0 Å². The van der Waals surface area contributed by atoms with Crippen LogP contribution in [0.1, 0.15) is 30.6 Å². The molecule has 0 aliphatic carbocycles. The molecule has 0 spiro atoms. The van der Waals surface area contributed by atoms with Crippen LogP contribution in [0.25, 0.3) is 0 Å². The molecule has 0 atom stereocenters. The molecule has 8 heteroatoms. The summed E-state index contributed by atoms with van der Waals surface area (Å²) < 4.78 is 36.7. The van der Waals surface area contributed by atoms with Gasteiger partial charge in [0.15, 0.2) is 0 Å². The van der Waals surface area contributed by atoms with E-state index < -0.39 is 21.7 Å². The number of nitrogens with zero attached hydrogens (tertiary/aromatic N) is 1. The monoisotopic (exact) mass is 366 g/mol. The fourth-order valence-corrected chi connectivity index (χ4v) is 3.36. The first-order chi connectivity index (χ1) is 9.22. The Morgan fingerprint density at radius 2 is 2.00 bits per heavy atom. The van der Waals surface area contributed by atoms with Gasteiger partial charge in [0.05, 0.1) is 10.5 Å². The standard InChI is InChI=1S/C12H16BrFN2O3S/c1-3-5-16(4-2)12(17)8-6-11(20(15,18)19)9(13)7-10(8)14/h6-7H,3-5H2,1-2H3,(H2,15,18,19). The molecule has 2 N–H and O–H groups in total. The summed E-state index contributed by atoms with van der Waals surface area (Å²) in [6.45, 7) is 4.54. The first kappa shape index (κ1) is 17.1. The molecule has 0 saturated carbocycles. The van der Waals surface area contributed by atoms with Gasteiger partial charge in [-0.25, -0.2) is 17.9 Å². The molecular weight excluding hydrogens is 351 g/mol. The average molecular weight is 367 g/mol. The molecule has 0 aliphatic heterocycles. The van der Waals surface area contributed by atoms with Crippen LogP contribution in [0.3, 0.4) is 0 Å². The highest BCUT2D eigenvalue weighted by atomic mass is 79.9. The van der Waals surface area contributed by atoms with E-state index in [9.17, 15) is 17.6 Å². The van der Waals surface area contributed by atoms with Crippen LogP contribution in [0.15, 0.2) is 21.5 Å². The number of carbonyl (C=O) groups is 1. The number of amides is 1. The molecule has 0 aliphatic rings. The molecule has 0 bridgehead atoms. The van der Waals surface area contributed by atoms with Gasteiger partial charge in [-0.15, -0.1) is 0 Å². The zero-order valence-electron chi connectivity index (χ0n) is 11.2. The van der Waals surface area contributed by atoms with E-state index in [2.05, 4.69) is 15.9 Å². The van der Waals surface area contributed by atoms with Gasteiger partial charge >= 0.3 is 0 Å². The number of rotatable bonds is 5. The molecule has 0 heterocycles. The Hall–Kier alpha value is -0.990. The minimum absolute atomic E-state index is 0.00686. The number of sulfonamides is 1. The van der Waals surface area contributed by atoms with Crippen molar-refractivity contribution in [3.05, 3.63) is 28.0 Å². The molecule has 1 aromatic carbocycles. The molecule has 5 nitrogen and oxygen atoms in total. The topological polar surface area (TPSA) is 80.5 Å². The lowest BCUT2D eigenvalue weighted by molar-refractivity contribution is 0.0759. The zero-order chi connectivity index (χ0) is 15.5. The average Bonchev–Trinajstić information content (AvgIpc) is 2.33. The summed E-state index contributed by atoms with van der Waals surface area (Å²) in [5, 5.41) is 5.04. The molecule has 0 saturated heterocycles. The van der Waals surface area contributed by atoms with Crippen molar-refractivity contribution in [3.8, 4) is 0 Å². The summed E-state index contributed by atoms with van der Waals surface area (Å²) in [5.74, 6) is -1.34. The molecular formula is C12H16BrFN2O3S. The third-order valence-corrected chi connectivity index (χ3v) is 4.59. The number of hydrogen-bond donors (Lipinski definition) is 1. The molecule has 1 rings (SSSR count). The first-order valence-corrected chi connectivity index (χ1v) is 8.37. The minimum Gasteiger partial charge on any atom is -0.339 e. The molecule has 1 aromatic rings. The molecule has 0 radical (unpaired) electrons. The van der Waals surface area contributed by atoms with Gasteiger partial charge in [0.25, 0.3) is 5.91 Å². The summed E-state index contributed by atoms with van der Waals surface area (Å²) in [6, 6.07) is 1.90. The number of nitrogens with two attached hydrogens (primary N) is 1. The van der Waals surface area contributed by atoms with Crippen LogP contribution in [0.2, 0.25) is 0 Å². The maximum Gasteiger partial charge on any atom is 0.256 e. The second-order valence-electron chi connectivity index (χ2n) is 4.19. The van der Waals surface area contributed by atoms with Crippen molar-refractivity contribution in [3.63, 3.8) is 0 Å². The lowest BCUT2D eigenvalue weighted by atomic mass is 10.2. The Morgan fingerprint density at radius 3 is 2.45 bits per heavy atom. The molecule has 20 heavy (non-hydrogen) atoms. The molecule has 0 fully saturated rings. The molecule has 0 aromatic heterocycles. The summed E-state index contributed by atoms with van der Waals surface area (Å²) in [5.41, 5.74) is -0.299. The maximum atomic E-state index is 13.9. The van der Waals surface area contributed by atoms with Crippen molar-refractivity contribution in [2.24, 2.45) is 5.14 Å². The van der Waals surface area contributed by atoms with Gasteiger partial charge in [-0.1, -0.05) is 6.92 Å². The SMILES string of the molecule is CCCN(CC)C(=O)c1cc(S(N)(=O)=O)c(Br)cc1F. The van der Waals surface area contributed by atoms with E-state index in [0.29, 0.717) is 13.1 Å². The number of carbonyl (C=O) groups excluding carboxylic acids is 1.